The zero-order valence-corrected chi connectivity index (χ0v) is 10.3. The second-order valence-corrected chi connectivity index (χ2v) is 5.03. The number of nitrogen functional groups attached to an aromatic ring is 1. The van der Waals surface area contributed by atoms with Gasteiger partial charge in [0.2, 0.25) is 5.95 Å². The number of halogens is 2. The number of fused-ring (bicyclic) bond motifs is 1. The second-order valence-electron chi connectivity index (χ2n) is 5.03. The lowest BCUT2D eigenvalue weighted by Gasteiger charge is -2.27. The van der Waals surface area contributed by atoms with Crippen molar-refractivity contribution in [3.63, 3.8) is 0 Å². The predicted molar refractivity (Wildman–Crippen MR) is 67.6 cm³/mol. The summed E-state index contributed by atoms with van der Waals surface area (Å²) in [4.78, 5) is 4.08. The molecule has 1 aromatic heterocycles. The number of aromatic nitrogens is 2. The molecule has 19 heavy (non-hydrogen) atoms. The third kappa shape index (κ3) is 1.96. The van der Waals surface area contributed by atoms with Crippen LogP contribution in [0.4, 0.5) is 14.7 Å². The van der Waals surface area contributed by atoms with Crippen LogP contribution < -0.4 is 5.73 Å². The Hall–Kier alpha value is -1.69. The predicted octanol–water partition coefficient (Wildman–Crippen LogP) is 2.37. The molecule has 1 aromatic carbocycles. The number of hydrogen-bond acceptors (Lipinski definition) is 3. The van der Waals surface area contributed by atoms with Crippen LogP contribution in [0.1, 0.15) is 31.7 Å². The number of benzene rings is 1. The average Bonchev–Trinajstić information content (AvgIpc) is 2.72. The molecule has 4 nitrogen and oxygen atoms in total. The van der Waals surface area contributed by atoms with E-state index in [4.69, 9.17) is 5.73 Å². The van der Waals surface area contributed by atoms with Crippen molar-refractivity contribution >= 4 is 17.0 Å². The van der Waals surface area contributed by atoms with E-state index in [2.05, 4.69) is 4.98 Å². The lowest BCUT2D eigenvalue weighted by Crippen LogP contribution is -2.22. The van der Waals surface area contributed by atoms with E-state index in [-0.39, 0.29) is 23.6 Å². The summed E-state index contributed by atoms with van der Waals surface area (Å²) in [6, 6.07) is 2.45. The quantitative estimate of drug-likeness (QED) is 0.833. The minimum absolute atomic E-state index is 0.0373. The Morgan fingerprint density at radius 2 is 1.89 bits per heavy atom. The van der Waals surface area contributed by atoms with Crippen LogP contribution in [0.5, 0.6) is 0 Å². The molecule has 1 aliphatic carbocycles. The molecule has 102 valence electrons. The lowest BCUT2D eigenvalue weighted by molar-refractivity contribution is 0.112. The van der Waals surface area contributed by atoms with Crippen LogP contribution in [0.15, 0.2) is 12.1 Å². The van der Waals surface area contributed by atoms with E-state index >= 15 is 0 Å². The van der Waals surface area contributed by atoms with Crippen molar-refractivity contribution in [1.82, 2.24) is 9.55 Å². The van der Waals surface area contributed by atoms with Crippen molar-refractivity contribution in [2.24, 2.45) is 0 Å². The van der Waals surface area contributed by atoms with E-state index < -0.39 is 11.6 Å². The number of rotatable bonds is 1. The highest BCUT2D eigenvalue weighted by atomic mass is 19.2. The van der Waals surface area contributed by atoms with E-state index in [1.807, 2.05) is 0 Å². The van der Waals surface area contributed by atoms with Gasteiger partial charge >= 0.3 is 0 Å². The molecule has 0 amide bonds. The largest absolute Gasteiger partial charge is 0.393 e. The first-order chi connectivity index (χ1) is 9.08. The molecule has 1 heterocycles. The maximum Gasteiger partial charge on any atom is 0.201 e. The summed E-state index contributed by atoms with van der Waals surface area (Å²) in [6.07, 6.45) is 2.34. The van der Waals surface area contributed by atoms with E-state index in [9.17, 15) is 13.9 Å². The monoisotopic (exact) mass is 267 g/mol. The standard InChI is InChI=1S/C13H15F2N3O/c14-9-5-6-10-12(11(9)15)18(13(16)17-10)7-1-3-8(19)4-2-7/h5-8,19H,1-4H2,(H2,16,17). The SMILES string of the molecule is Nc1nc2ccc(F)c(F)c2n1C1CCC(O)CC1. The number of aliphatic hydroxyl groups excluding tert-OH is 1. The summed E-state index contributed by atoms with van der Waals surface area (Å²) in [6.45, 7) is 0. The van der Waals surface area contributed by atoms with Crippen LogP contribution in [0.3, 0.4) is 0 Å². The van der Waals surface area contributed by atoms with Crippen LogP contribution in [0.25, 0.3) is 11.0 Å². The van der Waals surface area contributed by atoms with Crippen molar-refractivity contribution in [3.8, 4) is 0 Å². The Balaban J connectivity index is 2.12. The maximum atomic E-state index is 14.0. The summed E-state index contributed by atoms with van der Waals surface area (Å²) < 4.78 is 28.9. The molecule has 0 aliphatic heterocycles. The average molecular weight is 267 g/mol. The Morgan fingerprint density at radius 1 is 1.21 bits per heavy atom. The molecule has 1 fully saturated rings. The van der Waals surface area contributed by atoms with Crippen molar-refractivity contribution in [2.45, 2.75) is 37.8 Å². The van der Waals surface area contributed by atoms with Crippen LogP contribution in [0, 0.1) is 11.6 Å². The van der Waals surface area contributed by atoms with Gasteiger partial charge in [-0.05, 0) is 37.8 Å². The molecular formula is C13H15F2N3O. The molecule has 0 saturated heterocycles. The van der Waals surface area contributed by atoms with Gasteiger partial charge in [0.15, 0.2) is 11.6 Å². The normalized spacial score (nSPS) is 23.9. The van der Waals surface area contributed by atoms with Crippen LogP contribution >= 0.6 is 0 Å². The highest BCUT2D eigenvalue weighted by molar-refractivity contribution is 5.79. The van der Waals surface area contributed by atoms with Crippen molar-refractivity contribution in [2.75, 3.05) is 5.73 Å². The molecule has 0 spiro atoms. The molecule has 0 atom stereocenters. The molecule has 0 bridgehead atoms. The summed E-state index contributed by atoms with van der Waals surface area (Å²) in [5, 5.41) is 9.52. The van der Waals surface area contributed by atoms with Crippen molar-refractivity contribution < 1.29 is 13.9 Å². The van der Waals surface area contributed by atoms with Gasteiger partial charge in [-0.2, -0.15) is 0 Å². The van der Waals surface area contributed by atoms with Crippen LogP contribution in [-0.4, -0.2) is 20.8 Å². The molecule has 2 aromatic rings. The van der Waals surface area contributed by atoms with Crippen molar-refractivity contribution in [3.05, 3.63) is 23.8 Å². The van der Waals surface area contributed by atoms with Gasteiger partial charge in [-0.25, -0.2) is 13.8 Å². The summed E-state index contributed by atoms with van der Waals surface area (Å²) >= 11 is 0. The minimum Gasteiger partial charge on any atom is -0.393 e. The van der Waals surface area contributed by atoms with E-state index in [1.165, 1.54) is 6.07 Å². The molecule has 1 aliphatic rings. The molecule has 0 radical (unpaired) electrons. The summed E-state index contributed by atoms with van der Waals surface area (Å²) in [5.74, 6) is -1.61. The molecule has 3 rings (SSSR count). The number of hydrogen-bond donors (Lipinski definition) is 2. The van der Waals surface area contributed by atoms with E-state index in [1.54, 1.807) is 4.57 Å². The number of aliphatic hydroxyl groups is 1. The van der Waals surface area contributed by atoms with E-state index in [0.717, 1.165) is 6.07 Å². The minimum atomic E-state index is -0.909. The smallest absolute Gasteiger partial charge is 0.201 e. The number of nitrogens with zero attached hydrogens (tertiary/aromatic N) is 2. The fourth-order valence-electron chi connectivity index (χ4n) is 2.83. The Bertz CT molecular complexity index is 618. The summed E-state index contributed by atoms with van der Waals surface area (Å²) in [5.41, 5.74) is 6.33. The molecule has 3 N–H and O–H groups in total. The second kappa shape index (κ2) is 4.45. The first-order valence-electron chi connectivity index (χ1n) is 6.37. The van der Waals surface area contributed by atoms with Gasteiger partial charge in [0.25, 0.3) is 0 Å². The lowest BCUT2D eigenvalue weighted by atomic mass is 9.93. The fourth-order valence-corrected chi connectivity index (χ4v) is 2.83. The number of imidazole rings is 1. The third-order valence-electron chi connectivity index (χ3n) is 3.80. The van der Waals surface area contributed by atoms with Crippen LogP contribution in [-0.2, 0) is 0 Å². The van der Waals surface area contributed by atoms with Gasteiger partial charge in [0.05, 0.1) is 11.6 Å². The van der Waals surface area contributed by atoms with Gasteiger partial charge < -0.3 is 15.4 Å². The topological polar surface area (TPSA) is 64.1 Å². The van der Waals surface area contributed by atoms with E-state index in [0.29, 0.717) is 31.2 Å². The number of anilines is 1. The Labute approximate surface area is 108 Å². The Kier molecular flexibility index (Phi) is 2.89. The molecule has 6 heteroatoms. The molecular weight excluding hydrogens is 252 g/mol. The zero-order valence-electron chi connectivity index (χ0n) is 10.3. The van der Waals surface area contributed by atoms with Crippen LogP contribution in [0.2, 0.25) is 0 Å². The molecule has 1 saturated carbocycles. The van der Waals surface area contributed by atoms with Gasteiger partial charge in [0, 0.05) is 6.04 Å². The maximum absolute atomic E-state index is 14.0. The zero-order chi connectivity index (χ0) is 13.6. The van der Waals surface area contributed by atoms with Crippen molar-refractivity contribution in [1.29, 1.82) is 0 Å². The number of nitrogens with two attached hydrogens (primary N) is 1. The first-order valence-corrected chi connectivity index (χ1v) is 6.37. The third-order valence-corrected chi connectivity index (χ3v) is 3.80. The van der Waals surface area contributed by atoms with Gasteiger partial charge in [-0.15, -0.1) is 0 Å². The van der Waals surface area contributed by atoms with Gasteiger partial charge in [-0.3, -0.25) is 0 Å². The highest BCUT2D eigenvalue weighted by Crippen LogP contribution is 2.34. The summed E-state index contributed by atoms with van der Waals surface area (Å²) in [7, 11) is 0. The highest BCUT2D eigenvalue weighted by Gasteiger charge is 2.26. The molecule has 0 unspecified atom stereocenters. The Morgan fingerprint density at radius 3 is 2.58 bits per heavy atom. The first kappa shape index (κ1) is 12.3. The van der Waals surface area contributed by atoms with Gasteiger partial charge in [-0.1, -0.05) is 0 Å². The fraction of sp³-hybridized carbons (Fsp3) is 0.462. The van der Waals surface area contributed by atoms with Gasteiger partial charge in [0.1, 0.15) is 5.52 Å².